The lowest BCUT2D eigenvalue weighted by Crippen LogP contribution is -2.46. The molecule has 7 heteroatoms. The molecule has 0 spiro atoms. The van der Waals surface area contributed by atoms with E-state index in [1.165, 1.54) is 6.08 Å². The molecule has 124 valence electrons. The highest BCUT2D eigenvalue weighted by molar-refractivity contribution is 5.98. The molecule has 0 bridgehead atoms. The van der Waals surface area contributed by atoms with Crippen LogP contribution in [-0.2, 0) is 9.59 Å². The van der Waals surface area contributed by atoms with Gasteiger partial charge in [0.1, 0.15) is 12.0 Å². The number of nitrogens with one attached hydrogen (secondary N) is 1. The molecule has 2 aromatic rings. The predicted octanol–water partition coefficient (Wildman–Crippen LogP) is 1.68. The maximum absolute atomic E-state index is 12.2. The van der Waals surface area contributed by atoms with Crippen LogP contribution in [-0.4, -0.2) is 34.8 Å². The van der Waals surface area contributed by atoms with E-state index < -0.39 is 11.8 Å². The number of hydrogen-bond acceptors (Lipinski definition) is 5. The minimum atomic E-state index is -0.618. The topological polar surface area (TPSA) is 92.5 Å². The summed E-state index contributed by atoms with van der Waals surface area (Å²) in [7, 11) is 0. The van der Waals surface area contributed by atoms with E-state index in [0.29, 0.717) is 17.6 Å². The quantitative estimate of drug-likeness (QED) is 0.512. The second-order valence-corrected chi connectivity index (χ2v) is 5.01. The standard InChI is InChI=1S/C17H17N3O4/c1-12-13(2)24-19-16(12)17(23)18-20(10-11-21)15(22)9-8-14-6-4-3-5-7-14/h3-9,11H,10H2,1-2H3,(H,18,23). The fourth-order valence-corrected chi connectivity index (χ4v) is 1.89. The third-order valence-corrected chi connectivity index (χ3v) is 3.35. The maximum Gasteiger partial charge on any atom is 0.292 e. The predicted molar refractivity (Wildman–Crippen MR) is 86.7 cm³/mol. The van der Waals surface area contributed by atoms with E-state index in [2.05, 4.69) is 10.6 Å². The van der Waals surface area contributed by atoms with Crippen molar-refractivity contribution in [2.45, 2.75) is 13.8 Å². The highest BCUT2D eigenvalue weighted by Crippen LogP contribution is 2.11. The molecule has 7 nitrogen and oxygen atoms in total. The summed E-state index contributed by atoms with van der Waals surface area (Å²) in [4.78, 5) is 35.1. The first-order valence-corrected chi connectivity index (χ1v) is 7.25. The van der Waals surface area contributed by atoms with Gasteiger partial charge in [-0.3, -0.25) is 15.0 Å². The summed E-state index contributed by atoms with van der Waals surface area (Å²) in [6.45, 7) is 3.08. The molecule has 1 heterocycles. The zero-order valence-electron chi connectivity index (χ0n) is 13.4. The molecular formula is C17H17N3O4. The Hall–Kier alpha value is -3.22. The van der Waals surface area contributed by atoms with Crippen LogP contribution in [0.3, 0.4) is 0 Å². The van der Waals surface area contributed by atoms with Crippen LogP contribution in [0.15, 0.2) is 40.9 Å². The highest BCUT2D eigenvalue weighted by atomic mass is 16.5. The Labute approximate surface area is 138 Å². The van der Waals surface area contributed by atoms with Crippen LogP contribution in [0.1, 0.15) is 27.4 Å². The molecule has 1 aromatic heterocycles. The number of aryl methyl sites for hydroxylation is 1. The van der Waals surface area contributed by atoms with Crippen LogP contribution in [0.25, 0.3) is 6.08 Å². The Morgan fingerprint density at radius 2 is 1.96 bits per heavy atom. The zero-order chi connectivity index (χ0) is 17.5. The number of rotatable bonds is 5. The number of carbonyl (C=O) groups is 3. The number of amides is 2. The molecule has 0 atom stereocenters. The molecule has 1 N–H and O–H groups in total. The van der Waals surface area contributed by atoms with E-state index >= 15 is 0 Å². The first kappa shape index (κ1) is 17.1. The van der Waals surface area contributed by atoms with Crippen LogP contribution in [0.4, 0.5) is 0 Å². The van der Waals surface area contributed by atoms with E-state index in [-0.39, 0.29) is 12.2 Å². The number of hydrazine groups is 1. The molecule has 2 rings (SSSR count). The SMILES string of the molecule is Cc1onc(C(=O)NN(CC=O)C(=O)C=Cc2ccccc2)c1C. The van der Waals surface area contributed by atoms with Crippen molar-refractivity contribution in [3.8, 4) is 0 Å². The van der Waals surface area contributed by atoms with Gasteiger partial charge in [-0.15, -0.1) is 0 Å². The van der Waals surface area contributed by atoms with Crippen molar-refractivity contribution >= 4 is 24.2 Å². The van der Waals surface area contributed by atoms with Gasteiger partial charge in [0.2, 0.25) is 0 Å². The van der Waals surface area contributed by atoms with E-state index in [9.17, 15) is 14.4 Å². The normalized spacial score (nSPS) is 10.6. The second kappa shape index (κ2) is 7.87. The molecule has 2 amide bonds. The fourth-order valence-electron chi connectivity index (χ4n) is 1.89. The van der Waals surface area contributed by atoms with Crippen molar-refractivity contribution in [2.75, 3.05) is 6.54 Å². The van der Waals surface area contributed by atoms with Crippen LogP contribution in [0.2, 0.25) is 0 Å². The number of aromatic nitrogens is 1. The summed E-state index contributed by atoms with van der Waals surface area (Å²) in [5.41, 5.74) is 3.84. The van der Waals surface area contributed by atoms with Crippen LogP contribution < -0.4 is 5.43 Å². The van der Waals surface area contributed by atoms with Gasteiger partial charge in [-0.05, 0) is 25.5 Å². The maximum atomic E-state index is 12.2. The van der Waals surface area contributed by atoms with Gasteiger partial charge in [-0.25, -0.2) is 5.01 Å². The zero-order valence-corrected chi connectivity index (χ0v) is 13.4. The molecule has 0 saturated heterocycles. The number of aldehydes is 1. The van der Waals surface area contributed by atoms with E-state index in [0.717, 1.165) is 10.6 Å². The monoisotopic (exact) mass is 327 g/mol. The van der Waals surface area contributed by atoms with E-state index in [1.807, 2.05) is 30.3 Å². The molecule has 1 aromatic carbocycles. The van der Waals surface area contributed by atoms with Gasteiger partial charge in [0.25, 0.3) is 11.8 Å². The van der Waals surface area contributed by atoms with Gasteiger partial charge >= 0.3 is 0 Å². The van der Waals surface area contributed by atoms with Gasteiger partial charge < -0.3 is 9.32 Å². The lowest BCUT2D eigenvalue weighted by atomic mass is 10.2. The van der Waals surface area contributed by atoms with Gasteiger partial charge in [-0.1, -0.05) is 35.5 Å². The minimum Gasteiger partial charge on any atom is -0.361 e. The first-order valence-electron chi connectivity index (χ1n) is 7.25. The summed E-state index contributed by atoms with van der Waals surface area (Å²) in [6, 6.07) is 9.19. The average Bonchev–Trinajstić information content (AvgIpc) is 2.92. The largest absolute Gasteiger partial charge is 0.361 e. The number of benzene rings is 1. The Morgan fingerprint density at radius 1 is 1.25 bits per heavy atom. The van der Waals surface area contributed by atoms with E-state index in [4.69, 9.17) is 4.52 Å². The number of carbonyl (C=O) groups excluding carboxylic acids is 3. The van der Waals surface area contributed by atoms with Gasteiger partial charge in [0.05, 0.1) is 6.54 Å². The highest BCUT2D eigenvalue weighted by Gasteiger charge is 2.20. The van der Waals surface area contributed by atoms with Crippen molar-refractivity contribution < 1.29 is 18.9 Å². The third-order valence-electron chi connectivity index (χ3n) is 3.35. The summed E-state index contributed by atoms with van der Waals surface area (Å²) in [5.74, 6) is -0.637. The van der Waals surface area contributed by atoms with Crippen molar-refractivity contribution in [1.29, 1.82) is 0 Å². The lowest BCUT2D eigenvalue weighted by Gasteiger charge is -2.18. The van der Waals surface area contributed by atoms with Crippen molar-refractivity contribution in [3.63, 3.8) is 0 Å². The molecule has 0 aliphatic heterocycles. The van der Waals surface area contributed by atoms with Crippen LogP contribution in [0, 0.1) is 13.8 Å². The van der Waals surface area contributed by atoms with Crippen molar-refractivity contribution in [2.24, 2.45) is 0 Å². The molecule has 0 unspecified atom stereocenters. The summed E-state index contributed by atoms with van der Waals surface area (Å²) in [5, 5.41) is 4.56. The third kappa shape index (κ3) is 4.16. The Bertz CT molecular complexity index is 765. The molecule has 0 aliphatic rings. The van der Waals surface area contributed by atoms with Gasteiger partial charge in [-0.2, -0.15) is 0 Å². The Kier molecular flexibility index (Phi) is 5.62. The minimum absolute atomic E-state index is 0.0724. The Morgan fingerprint density at radius 3 is 2.54 bits per heavy atom. The molecule has 0 radical (unpaired) electrons. The van der Waals surface area contributed by atoms with Crippen molar-refractivity contribution in [1.82, 2.24) is 15.6 Å². The molecular weight excluding hydrogens is 310 g/mol. The summed E-state index contributed by atoms with van der Waals surface area (Å²) < 4.78 is 4.93. The summed E-state index contributed by atoms with van der Waals surface area (Å²) >= 11 is 0. The van der Waals surface area contributed by atoms with Crippen molar-refractivity contribution in [3.05, 3.63) is 59.0 Å². The number of nitrogens with zero attached hydrogens (tertiary/aromatic N) is 2. The molecule has 0 aliphatic carbocycles. The van der Waals surface area contributed by atoms with Crippen LogP contribution >= 0.6 is 0 Å². The van der Waals surface area contributed by atoms with Gasteiger partial charge in [0, 0.05) is 11.6 Å². The fraction of sp³-hybridized carbons (Fsp3) is 0.176. The average molecular weight is 327 g/mol. The number of hydrogen-bond donors (Lipinski definition) is 1. The molecule has 24 heavy (non-hydrogen) atoms. The lowest BCUT2D eigenvalue weighted by molar-refractivity contribution is -0.130. The van der Waals surface area contributed by atoms with Gasteiger partial charge in [0.15, 0.2) is 5.69 Å². The summed E-state index contributed by atoms with van der Waals surface area (Å²) in [6.07, 6.45) is 3.40. The molecule has 0 fully saturated rings. The second-order valence-electron chi connectivity index (χ2n) is 5.01. The molecule has 0 saturated carbocycles. The first-order chi connectivity index (χ1) is 11.5. The van der Waals surface area contributed by atoms with E-state index in [1.54, 1.807) is 19.9 Å². The van der Waals surface area contributed by atoms with Crippen LogP contribution in [0.5, 0.6) is 0 Å². The smallest absolute Gasteiger partial charge is 0.292 e. The Balaban J connectivity index is 2.09.